The Bertz CT molecular complexity index is 213. The molecule has 15 heavy (non-hydrogen) atoms. The maximum absolute atomic E-state index is 11.1. The lowest BCUT2D eigenvalue weighted by Crippen LogP contribution is -2.48. The van der Waals surface area contributed by atoms with Crippen LogP contribution in [0.5, 0.6) is 0 Å². The van der Waals surface area contributed by atoms with Crippen LogP contribution in [0.25, 0.3) is 0 Å². The molecule has 1 saturated heterocycles. The second kappa shape index (κ2) is 6.40. The monoisotopic (exact) mass is 213 g/mol. The minimum Gasteiger partial charge on any atom is -0.359 e. The van der Waals surface area contributed by atoms with E-state index in [1.807, 2.05) is 4.90 Å². The van der Waals surface area contributed by atoms with Gasteiger partial charge in [0, 0.05) is 39.6 Å². The first-order valence-electron chi connectivity index (χ1n) is 5.39. The summed E-state index contributed by atoms with van der Waals surface area (Å²) in [5, 5.41) is 2.64. The molecule has 0 aromatic heterocycles. The molecular weight excluding hydrogens is 194 g/mol. The first kappa shape index (κ1) is 12.0. The van der Waals surface area contributed by atoms with Gasteiger partial charge >= 0.3 is 0 Å². The van der Waals surface area contributed by atoms with Crippen molar-refractivity contribution in [1.82, 2.24) is 15.1 Å². The zero-order valence-electron chi connectivity index (χ0n) is 9.24. The third-order valence-corrected chi connectivity index (χ3v) is 2.70. The number of hydrogen-bond donors (Lipinski definition) is 1. The summed E-state index contributed by atoms with van der Waals surface area (Å²) in [7, 11) is 0. The first-order chi connectivity index (χ1) is 7.24. The molecule has 1 heterocycles. The van der Waals surface area contributed by atoms with Gasteiger partial charge in [-0.15, -0.1) is 0 Å². The van der Waals surface area contributed by atoms with Crippen LogP contribution in [0.3, 0.4) is 0 Å². The molecule has 1 aliphatic rings. The lowest BCUT2D eigenvalue weighted by Gasteiger charge is -2.34. The molecular formula is C10H19N3O2. The standard InChI is InChI=1S/C10H19N3O2/c1-10(15)13-7-5-12(6-8-13)4-2-3-11-9-14/h9H,2-8H2,1H3,(H,11,14). The average Bonchev–Trinajstić information content (AvgIpc) is 2.25. The van der Waals surface area contributed by atoms with Gasteiger partial charge in [-0.05, 0) is 13.0 Å². The number of amides is 2. The topological polar surface area (TPSA) is 52.7 Å². The van der Waals surface area contributed by atoms with Crippen molar-refractivity contribution in [2.75, 3.05) is 39.3 Å². The van der Waals surface area contributed by atoms with Crippen molar-refractivity contribution in [2.45, 2.75) is 13.3 Å². The molecule has 1 fully saturated rings. The van der Waals surface area contributed by atoms with Crippen LogP contribution < -0.4 is 5.32 Å². The lowest BCUT2D eigenvalue weighted by atomic mass is 10.3. The van der Waals surface area contributed by atoms with E-state index in [4.69, 9.17) is 0 Å². The number of nitrogens with one attached hydrogen (secondary N) is 1. The number of hydrogen-bond acceptors (Lipinski definition) is 3. The summed E-state index contributed by atoms with van der Waals surface area (Å²) in [6.07, 6.45) is 1.70. The Kier molecular flexibility index (Phi) is 5.10. The van der Waals surface area contributed by atoms with Crippen LogP contribution in [0.4, 0.5) is 0 Å². The highest BCUT2D eigenvalue weighted by molar-refractivity contribution is 5.73. The summed E-state index contributed by atoms with van der Waals surface area (Å²) in [6, 6.07) is 0. The van der Waals surface area contributed by atoms with Gasteiger partial charge in [-0.3, -0.25) is 14.5 Å². The second-order valence-electron chi connectivity index (χ2n) is 3.77. The van der Waals surface area contributed by atoms with Crippen molar-refractivity contribution >= 4 is 12.3 Å². The molecule has 0 bridgehead atoms. The highest BCUT2D eigenvalue weighted by atomic mass is 16.2. The van der Waals surface area contributed by atoms with E-state index in [1.54, 1.807) is 6.92 Å². The second-order valence-corrected chi connectivity index (χ2v) is 3.77. The molecule has 2 amide bonds. The number of rotatable bonds is 5. The zero-order valence-corrected chi connectivity index (χ0v) is 9.24. The molecule has 0 spiro atoms. The van der Waals surface area contributed by atoms with E-state index in [0.717, 1.165) is 52.1 Å². The molecule has 86 valence electrons. The summed E-state index contributed by atoms with van der Waals surface area (Å²) in [5.41, 5.74) is 0. The van der Waals surface area contributed by atoms with Gasteiger partial charge in [-0.1, -0.05) is 0 Å². The zero-order chi connectivity index (χ0) is 11.1. The van der Waals surface area contributed by atoms with Gasteiger partial charge in [-0.25, -0.2) is 0 Å². The molecule has 0 saturated carbocycles. The van der Waals surface area contributed by atoms with E-state index in [9.17, 15) is 9.59 Å². The highest BCUT2D eigenvalue weighted by Gasteiger charge is 2.17. The fourth-order valence-electron chi connectivity index (χ4n) is 1.75. The Morgan fingerprint density at radius 1 is 1.33 bits per heavy atom. The molecule has 5 nitrogen and oxygen atoms in total. The molecule has 0 aliphatic carbocycles. The van der Waals surface area contributed by atoms with Crippen LogP contribution in [0.1, 0.15) is 13.3 Å². The van der Waals surface area contributed by atoms with Gasteiger partial charge in [-0.2, -0.15) is 0 Å². The van der Waals surface area contributed by atoms with Crippen molar-refractivity contribution < 1.29 is 9.59 Å². The number of nitrogens with zero attached hydrogens (tertiary/aromatic N) is 2. The fourth-order valence-corrected chi connectivity index (χ4v) is 1.75. The molecule has 0 unspecified atom stereocenters. The molecule has 0 radical (unpaired) electrons. The van der Waals surface area contributed by atoms with Crippen molar-refractivity contribution in [3.8, 4) is 0 Å². The van der Waals surface area contributed by atoms with Crippen LogP contribution in [-0.4, -0.2) is 61.4 Å². The SMILES string of the molecule is CC(=O)N1CCN(CCCNC=O)CC1. The van der Waals surface area contributed by atoms with E-state index in [2.05, 4.69) is 10.2 Å². The average molecular weight is 213 g/mol. The Balaban J connectivity index is 2.09. The largest absolute Gasteiger partial charge is 0.359 e. The van der Waals surface area contributed by atoms with E-state index < -0.39 is 0 Å². The quantitative estimate of drug-likeness (QED) is 0.485. The summed E-state index contributed by atoms with van der Waals surface area (Å²) >= 11 is 0. The molecule has 0 atom stereocenters. The minimum absolute atomic E-state index is 0.164. The van der Waals surface area contributed by atoms with E-state index in [1.165, 1.54) is 0 Å². The Morgan fingerprint density at radius 2 is 2.00 bits per heavy atom. The van der Waals surface area contributed by atoms with Crippen molar-refractivity contribution in [2.24, 2.45) is 0 Å². The Labute approximate surface area is 90.4 Å². The molecule has 1 aliphatic heterocycles. The van der Waals surface area contributed by atoms with Crippen LogP contribution >= 0.6 is 0 Å². The first-order valence-corrected chi connectivity index (χ1v) is 5.39. The number of carbonyl (C=O) groups is 2. The Morgan fingerprint density at radius 3 is 2.53 bits per heavy atom. The van der Waals surface area contributed by atoms with Crippen molar-refractivity contribution in [3.63, 3.8) is 0 Å². The van der Waals surface area contributed by atoms with E-state index >= 15 is 0 Å². The van der Waals surface area contributed by atoms with Crippen LogP contribution in [-0.2, 0) is 9.59 Å². The maximum Gasteiger partial charge on any atom is 0.219 e. The highest BCUT2D eigenvalue weighted by Crippen LogP contribution is 2.02. The van der Waals surface area contributed by atoms with Gasteiger partial charge in [0.2, 0.25) is 12.3 Å². The summed E-state index contributed by atoms with van der Waals surface area (Å²) < 4.78 is 0. The summed E-state index contributed by atoms with van der Waals surface area (Å²) in [5.74, 6) is 0.164. The number of carbonyl (C=O) groups excluding carboxylic acids is 2. The van der Waals surface area contributed by atoms with Gasteiger partial charge < -0.3 is 10.2 Å². The summed E-state index contributed by atoms with van der Waals surface area (Å²) in [6.45, 7) is 6.89. The maximum atomic E-state index is 11.1. The third kappa shape index (κ3) is 4.29. The van der Waals surface area contributed by atoms with Crippen molar-refractivity contribution in [1.29, 1.82) is 0 Å². The smallest absolute Gasteiger partial charge is 0.219 e. The molecule has 1 N–H and O–H groups in total. The lowest BCUT2D eigenvalue weighted by molar-refractivity contribution is -0.130. The molecule has 5 heteroatoms. The van der Waals surface area contributed by atoms with Gasteiger partial charge in [0.05, 0.1) is 0 Å². The molecule has 0 aromatic carbocycles. The van der Waals surface area contributed by atoms with Gasteiger partial charge in [0.25, 0.3) is 0 Å². The van der Waals surface area contributed by atoms with Crippen LogP contribution in [0.2, 0.25) is 0 Å². The van der Waals surface area contributed by atoms with Crippen LogP contribution in [0.15, 0.2) is 0 Å². The predicted octanol–water partition coefficient (Wildman–Crippen LogP) is -0.713. The van der Waals surface area contributed by atoms with Gasteiger partial charge in [0.1, 0.15) is 0 Å². The van der Waals surface area contributed by atoms with Gasteiger partial charge in [0.15, 0.2) is 0 Å². The minimum atomic E-state index is 0.164. The van der Waals surface area contributed by atoms with Crippen molar-refractivity contribution in [3.05, 3.63) is 0 Å². The van der Waals surface area contributed by atoms with E-state index in [-0.39, 0.29) is 5.91 Å². The summed E-state index contributed by atoms with van der Waals surface area (Å²) in [4.78, 5) is 25.3. The predicted molar refractivity (Wildman–Crippen MR) is 57.4 cm³/mol. The number of piperazine rings is 1. The normalized spacial score (nSPS) is 17.5. The Hall–Kier alpha value is -1.10. The fraction of sp³-hybridized carbons (Fsp3) is 0.800. The van der Waals surface area contributed by atoms with E-state index in [0.29, 0.717) is 0 Å². The molecule has 1 rings (SSSR count). The van der Waals surface area contributed by atoms with Crippen LogP contribution in [0, 0.1) is 0 Å². The molecule has 0 aromatic rings. The third-order valence-electron chi connectivity index (χ3n) is 2.70.